The molecule has 0 aromatic heterocycles. The zero-order chi connectivity index (χ0) is 19.1. The minimum absolute atomic E-state index is 0.135. The number of nitrogens with one attached hydrogen (secondary N) is 1. The SMILES string of the molecule is CC.CCCCCCCC(=S)NC(COP(=O)(O)O)c1ccccc1. The van der Waals surface area contributed by atoms with E-state index in [-0.39, 0.29) is 12.6 Å². The maximum absolute atomic E-state index is 10.9. The topological polar surface area (TPSA) is 78.8 Å². The summed E-state index contributed by atoms with van der Waals surface area (Å²) in [5.74, 6) is 0. The van der Waals surface area contributed by atoms with E-state index < -0.39 is 7.82 Å². The number of thiocarbonyl (C=S) groups is 1. The van der Waals surface area contributed by atoms with Crippen LogP contribution in [-0.2, 0) is 9.09 Å². The quantitative estimate of drug-likeness (QED) is 0.276. The number of unbranched alkanes of at least 4 members (excludes halogenated alkanes) is 4. The first kappa shape index (κ1) is 24.2. The van der Waals surface area contributed by atoms with Crippen LogP contribution in [0.2, 0.25) is 0 Å². The fraction of sp³-hybridized carbons (Fsp3) is 0.611. The summed E-state index contributed by atoms with van der Waals surface area (Å²) in [6.07, 6.45) is 6.60. The molecular formula is C18H32NO4PS. The molecule has 0 heterocycles. The van der Waals surface area contributed by atoms with Crippen LogP contribution in [-0.4, -0.2) is 21.4 Å². The van der Waals surface area contributed by atoms with E-state index in [9.17, 15) is 4.57 Å². The van der Waals surface area contributed by atoms with Gasteiger partial charge in [-0.25, -0.2) is 4.57 Å². The van der Waals surface area contributed by atoms with E-state index >= 15 is 0 Å². The Kier molecular flexibility index (Phi) is 13.9. The molecule has 0 radical (unpaired) electrons. The average molecular weight is 389 g/mol. The fourth-order valence-corrected chi connectivity index (χ4v) is 2.86. The van der Waals surface area contributed by atoms with Gasteiger partial charge in [0.1, 0.15) is 0 Å². The van der Waals surface area contributed by atoms with Gasteiger partial charge >= 0.3 is 7.82 Å². The van der Waals surface area contributed by atoms with Crippen molar-refractivity contribution in [3.05, 3.63) is 35.9 Å². The van der Waals surface area contributed by atoms with Crippen molar-refractivity contribution in [3.63, 3.8) is 0 Å². The van der Waals surface area contributed by atoms with Crippen LogP contribution in [0.25, 0.3) is 0 Å². The molecule has 0 aliphatic carbocycles. The van der Waals surface area contributed by atoms with Gasteiger partial charge in [0.25, 0.3) is 0 Å². The van der Waals surface area contributed by atoms with E-state index in [0.717, 1.165) is 24.8 Å². The maximum Gasteiger partial charge on any atom is 0.469 e. The van der Waals surface area contributed by atoms with Gasteiger partial charge < -0.3 is 15.1 Å². The lowest BCUT2D eigenvalue weighted by Crippen LogP contribution is -2.30. The number of phosphoric acid groups is 1. The highest BCUT2D eigenvalue weighted by Gasteiger charge is 2.20. The number of rotatable bonds is 11. The summed E-state index contributed by atoms with van der Waals surface area (Å²) in [6, 6.07) is 9.02. The Bertz CT molecular complexity index is 507. The largest absolute Gasteiger partial charge is 0.469 e. The summed E-state index contributed by atoms with van der Waals surface area (Å²) in [4.78, 5) is 18.5. The Morgan fingerprint density at radius 3 is 2.32 bits per heavy atom. The van der Waals surface area contributed by atoms with E-state index in [1.807, 2.05) is 44.2 Å². The second-order valence-electron chi connectivity index (χ2n) is 5.48. The van der Waals surface area contributed by atoms with E-state index in [1.54, 1.807) is 0 Å². The van der Waals surface area contributed by atoms with Crippen molar-refractivity contribution in [2.75, 3.05) is 6.61 Å². The van der Waals surface area contributed by atoms with Crippen LogP contribution in [0.4, 0.5) is 0 Å². The summed E-state index contributed by atoms with van der Waals surface area (Å²) < 4.78 is 15.6. The molecule has 0 saturated carbocycles. The molecule has 0 amide bonds. The van der Waals surface area contributed by atoms with E-state index in [0.29, 0.717) is 4.99 Å². The molecule has 1 atom stereocenters. The molecule has 1 aromatic rings. The van der Waals surface area contributed by atoms with Gasteiger partial charge in [-0.05, 0) is 18.4 Å². The fourth-order valence-electron chi connectivity index (χ4n) is 2.23. The Balaban J connectivity index is 0.00000277. The van der Waals surface area contributed by atoms with Crippen LogP contribution in [0, 0.1) is 0 Å². The Labute approximate surface area is 157 Å². The van der Waals surface area contributed by atoms with Crippen LogP contribution < -0.4 is 5.32 Å². The monoisotopic (exact) mass is 389 g/mol. The van der Waals surface area contributed by atoms with Gasteiger partial charge in [0.2, 0.25) is 0 Å². The summed E-state index contributed by atoms with van der Waals surface area (Å²) >= 11 is 5.36. The molecule has 1 unspecified atom stereocenters. The molecule has 144 valence electrons. The van der Waals surface area contributed by atoms with Gasteiger partial charge in [0.05, 0.1) is 17.6 Å². The zero-order valence-corrected chi connectivity index (χ0v) is 17.2. The molecule has 5 nitrogen and oxygen atoms in total. The molecule has 0 fully saturated rings. The first-order valence-electron chi connectivity index (χ1n) is 8.96. The van der Waals surface area contributed by atoms with Crippen LogP contribution >= 0.6 is 20.0 Å². The summed E-state index contributed by atoms with van der Waals surface area (Å²) in [5.41, 5.74) is 0.884. The summed E-state index contributed by atoms with van der Waals surface area (Å²) in [6.45, 7) is 6.04. The van der Waals surface area contributed by atoms with Gasteiger partial charge in [0.15, 0.2) is 0 Å². The predicted octanol–water partition coefficient (Wildman–Crippen LogP) is 5.14. The van der Waals surface area contributed by atoms with Crippen LogP contribution in [0.1, 0.15) is 70.9 Å². The molecular weight excluding hydrogens is 357 g/mol. The highest BCUT2D eigenvalue weighted by atomic mass is 32.1. The minimum atomic E-state index is -4.50. The maximum atomic E-state index is 10.9. The van der Waals surface area contributed by atoms with Crippen molar-refractivity contribution < 1.29 is 18.9 Å². The van der Waals surface area contributed by atoms with Gasteiger partial charge in [-0.15, -0.1) is 0 Å². The first-order valence-corrected chi connectivity index (χ1v) is 10.9. The third kappa shape index (κ3) is 13.1. The van der Waals surface area contributed by atoms with Gasteiger partial charge in [-0.2, -0.15) is 0 Å². The molecule has 0 aliphatic rings. The normalized spacial score (nSPS) is 12.0. The number of phosphoric ester groups is 1. The number of hydrogen-bond donors (Lipinski definition) is 3. The highest BCUT2D eigenvalue weighted by Crippen LogP contribution is 2.37. The van der Waals surface area contributed by atoms with E-state index in [1.165, 1.54) is 19.3 Å². The van der Waals surface area contributed by atoms with Gasteiger partial charge in [-0.1, -0.05) is 89.0 Å². The van der Waals surface area contributed by atoms with Crippen molar-refractivity contribution >= 4 is 25.0 Å². The minimum Gasteiger partial charge on any atom is -0.370 e. The molecule has 1 aromatic carbocycles. The molecule has 1 rings (SSSR count). The van der Waals surface area contributed by atoms with E-state index in [4.69, 9.17) is 22.0 Å². The van der Waals surface area contributed by atoms with E-state index in [2.05, 4.69) is 16.8 Å². The summed E-state index contributed by atoms with van der Waals surface area (Å²) in [7, 11) is -4.50. The van der Waals surface area contributed by atoms with Crippen molar-refractivity contribution in [1.29, 1.82) is 0 Å². The van der Waals surface area contributed by atoms with Crippen LogP contribution in [0.15, 0.2) is 30.3 Å². The number of benzene rings is 1. The molecule has 0 saturated heterocycles. The Morgan fingerprint density at radius 1 is 1.16 bits per heavy atom. The predicted molar refractivity (Wildman–Crippen MR) is 108 cm³/mol. The van der Waals surface area contributed by atoms with Crippen molar-refractivity contribution in [1.82, 2.24) is 5.32 Å². The zero-order valence-electron chi connectivity index (χ0n) is 15.5. The highest BCUT2D eigenvalue weighted by molar-refractivity contribution is 7.80. The second kappa shape index (κ2) is 14.4. The van der Waals surface area contributed by atoms with Crippen LogP contribution in [0.3, 0.4) is 0 Å². The third-order valence-corrected chi connectivity index (χ3v) is 4.26. The molecule has 3 N–H and O–H groups in total. The van der Waals surface area contributed by atoms with Crippen molar-refractivity contribution in [2.45, 2.75) is 65.3 Å². The van der Waals surface area contributed by atoms with Crippen molar-refractivity contribution in [3.8, 4) is 0 Å². The van der Waals surface area contributed by atoms with Gasteiger partial charge in [0, 0.05) is 0 Å². The second-order valence-corrected chi connectivity index (χ2v) is 7.21. The molecule has 0 aliphatic heterocycles. The standard InChI is InChI=1S/C16H26NO4PS.C2H6/c1-2-3-4-5-9-12-16(23)17-15(13-21-22(18,19)20)14-10-7-6-8-11-14;1-2/h6-8,10-11,15H,2-5,9,12-13H2,1H3,(H,17,23)(H2,18,19,20);1-2H3. The molecule has 25 heavy (non-hydrogen) atoms. The van der Waals surface area contributed by atoms with Crippen molar-refractivity contribution in [2.24, 2.45) is 0 Å². The smallest absolute Gasteiger partial charge is 0.370 e. The molecule has 0 bridgehead atoms. The Hall–Kier alpha value is -0.780. The molecule has 0 spiro atoms. The third-order valence-electron chi connectivity index (χ3n) is 3.45. The first-order chi connectivity index (χ1) is 11.9. The summed E-state index contributed by atoms with van der Waals surface area (Å²) in [5, 5.41) is 3.16. The van der Waals surface area contributed by atoms with Gasteiger partial charge in [-0.3, -0.25) is 4.52 Å². The lowest BCUT2D eigenvalue weighted by molar-refractivity contribution is 0.182. The average Bonchev–Trinajstić information content (AvgIpc) is 2.60. The molecule has 7 heteroatoms. The number of hydrogen-bond acceptors (Lipinski definition) is 3. The lowest BCUT2D eigenvalue weighted by atomic mass is 10.1. The lowest BCUT2D eigenvalue weighted by Gasteiger charge is -2.21. The van der Waals surface area contributed by atoms with Crippen LogP contribution in [0.5, 0.6) is 0 Å². The Morgan fingerprint density at radius 2 is 1.76 bits per heavy atom.